The van der Waals surface area contributed by atoms with Gasteiger partial charge >= 0.3 is 5.97 Å². The Bertz CT molecular complexity index is 501. The van der Waals surface area contributed by atoms with Gasteiger partial charge in [-0.05, 0) is 31.9 Å². The van der Waals surface area contributed by atoms with Crippen LogP contribution in [0.25, 0.3) is 0 Å². The first-order valence-electron chi connectivity index (χ1n) is 7.26. The van der Waals surface area contributed by atoms with E-state index in [2.05, 4.69) is 24.3 Å². The predicted octanol–water partition coefficient (Wildman–Crippen LogP) is 2.80. The molecular formula is C16H21NO3S. The highest BCUT2D eigenvalue weighted by molar-refractivity contribution is 7.99. The average Bonchev–Trinajstić information content (AvgIpc) is 2.49. The molecule has 21 heavy (non-hydrogen) atoms. The molecule has 114 valence electrons. The van der Waals surface area contributed by atoms with Crippen LogP contribution in [-0.2, 0) is 9.59 Å². The number of carboxylic acids is 1. The van der Waals surface area contributed by atoms with Gasteiger partial charge < -0.3 is 10.0 Å². The van der Waals surface area contributed by atoms with Crippen molar-refractivity contribution in [1.29, 1.82) is 0 Å². The summed E-state index contributed by atoms with van der Waals surface area (Å²) in [4.78, 5) is 26.0. The number of aliphatic carboxylic acids is 1. The van der Waals surface area contributed by atoms with Gasteiger partial charge in [0, 0.05) is 30.2 Å². The van der Waals surface area contributed by atoms with Gasteiger partial charge in [0.05, 0.1) is 5.92 Å². The largest absolute Gasteiger partial charge is 0.481 e. The minimum absolute atomic E-state index is 0.0700. The quantitative estimate of drug-likeness (QED) is 0.850. The number of aryl methyl sites for hydroxylation is 1. The van der Waals surface area contributed by atoms with Crippen molar-refractivity contribution in [3.05, 3.63) is 29.8 Å². The average molecular weight is 307 g/mol. The zero-order valence-corrected chi connectivity index (χ0v) is 13.1. The Labute approximate surface area is 129 Å². The number of hydrogen-bond donors (Lipinski definition) is 1. The van der Waals surface area contributed by atoms with Crippen molar-refractivity contribution >= 4 is 23.6 Å². The molecule has 0 aromatic heterocycles. The zero-order valence-electron chi connectivity index (χ0n) is 12.2. The number of rotatable bonds is 5. The lowest BCUT2D eigenvalue weighted by atomic mass is 9.98. The number of carbonyl (C=O) groups is 2. The summed E-state index contributed by atoms with van der Waals surface area (Å²) >= 11 is 1.66. The van der Waals surface area contributed by atoms with Gasteiger partial charge in [0.1, 0.15) is 0 Å². The van der Waals surface area contributed by atoms with E-state index in [-0.39, 0.29) is 5.91 Å². The van der Waals surface area contributed by atoms with Crippen molar-refractivity contribution in [3.63, 3.8) is 0 Å². The van der Waals surface area contributed by atoms with Crippen LogP contribution in [0.4, 0.5) is 0 Å². The predicted molar refractivity (Wildman–Crippen MR) is 83.5 cm³/mol. The third kappa shape index (κ3) is 4.77. The van der Waals surface area contributed by atoms with Crippen LogP contribution in [0.5, 0.6) is 0 Å². The number of benzene rings is 1. The Morgan fingerprint density at radius 1 is 1.33 bits per heavy atom. The highest BCUT2D eigenvalue weighted by Gasteiger charge is 2.27. The monoisotopic (exact) mass is 307 g/mol. The molecule has 1 atom stereocenters. The second-order valence-corrected chi connectivity index (χ2v) is 6.60. The first kappa shape index (κ1) is 15.9. The second-order valence-electron chi connectivity index (χ2n) is 5.43. The van der Waals surface area contributed by atoms with E-state index in [0.717, 1.165) is 17.1 Å². The summed E-state index contributed by atoms with van der Waals surface area (Å²) in [6.45, 7) is 3.11. The van der Waals surface area contributed by atoms with Gasteiger partial charge in [0.15, 0.2) is 0 Å². The molecule has 4 nitrogen and oxygen atoms in total. The summed E-state index contributed by atoms with van der Waals surface area (Å²) in [5.41, 5.74) is 1.23. The van der Waals surface area contributed by atoms with E-state index in [4.69, 9.17) is 5.11 Å². The molecule has 1 amide bonds. The minimum Gasteiger partial charge on any atom is -0.481 e. The molecule has 0 saturated carbocycles. The van der Waals surface area contributed by atoms with Crippen LogP contribution in [0.15, 0.2) is 29.2 Å². The second kappa shape index (κ2) is 7.50. The van der Waals surface area contributed by atoms with Gasteiger partial charge in [0.25, 0.3) is 0 Å². The molecule has 1 aliphatic rings. The van der Waals surface area contributed by atoms with Crippen molar-refractivity contribution in [2.24, 2.45) is 5.92 Å². The fourth-order valence-electron chi connectivity index (χ4n) is 2.45. The maximum absolute atomic E-state index is 12.1. The zero-order chi connectivity index (χ0) is 15.2. The summed E-state index contributed by atoms with van der Waals surface area (Å²) in [6.07, 6.45) is 1.93. The summed E-state index contributed by atoms with van der Waals surface area (Å²) in [6, 6.07) is 8.25. The number of hydrogen-bond acceptors (Lipinski definition) is 3. The molecule has 0 unspecified atom stereocenters. The fraction of sp³-hybridized carbons (Fsp3) is 0.500. The molecule has 1 saturated heterocycles. The highest BCUT2D eigenvalue weighted by Crippen LogP contribution is 2.21. The van der Waals surface area contributed by atoms with Crippen LogP contribution in [0.2, 0.25) is 0 Å². The maximum atomic E-state index is 12.1. The Balaban J connectivity index is 1.76. The number of amides is 1. The molecule has 1 aromatic rings. The smallest absolute Gasteiger partial charge is 0.308 e. The van der Waals surface area contributed by atoms with Crippen molar-refractivity contribution in [2.45, 2.75) is 31.1 Å². The highest BCUT2D eigenvalue weighted by atomic mass is 32.2. The van der Waals surface area contributed by atoms with Crippen LogP contribution < -0.4 is 0 Å². The minimum atomic E-state index is -0.790. The van der Waals surface area contributed by atoms with E-state index in [0.29, 0.717) is 25.9 Å². The molecule has 1 fully saturated rings. The summed E-state index contributed by atoms with van der Waals surface area (Å²) in [5, 5.41) is 9.04. The lowest BCUT2D eigenvalue weighted by Gasteiger charge is -2.30. The van der Waals surface area contributed by atoms with Gasteiger partial charge in [-0.25, -0.2) is 0 Å². The van der Waals surface area contributed by atoms with E-state index in [1.807, 2.05) is 6.92 Å². The van der Waals surface area contributed by atoms with Gasteiger partial charge in [-0.1, -0.05) is 17.7 Å². The van der Waals surface area contributed by atoms with Crippen LogP contribution in [0.1, 0.15) is 24.8 Å². The summed E-state index contributed by atoms with van der Waals surface area (Å²) in [5.74, 6) is -0.384. The summed E-state index contributed by atoms with van der Waals surface area (Å²) in [7, 11) is 0. The van der Waals surface area contributed by atoms with E-state index in [1.165, 1.54) is 5.56 Å². The SMILES string of the molecule is Cc1ccc(SCCC(=O)N2CCC[C@H](C(=O)O)C2)cc1. The number of thioether (sulfide) groups is 1. The van der Waals surface area contributed by atoms with Crippen molar-refractivity contribution in [2.75, 3.05) is 18.8 Å². The molecule has 2 rings (SSSR count). The molecule has 1 N–H and O–H groups in total. The van der Waals surface area contributed by atoms with Crippen LogP contribution in [0.3, 0.4) is 0 Å². The topological polar surface area (TPSA) is 57.6 Å². The third-order valence-electron chi connectivity index (χ3n) is 3.73. The Morgan fingerprint density at radius 3 is 2.71 bits per heavy atom. The van der Waals surface area contributed by atoms with Crippen molar-refractivity contribution < 1.29 is 14.7 Å². The lowest BCUT2D eigenvalue weighted by Crippen LogP contribution is -2.42. The molecule has 0 aliphatic carbocycles. The fourth-order valence-corrected chi connectivity index (χ4v) is 3.29. The Hall–Kier alpha value is -1.49. The Kier molecular flexibility index (Phi) is 5.67. The first-order chi connectivity index (χ1) is 10.1. The number of nitrogens with zero attached hydrogens (tertiary/aromatic N) is 1. The number of carboxylic acid groups (broad SMARTS) is 1. The van der Waals surface area contributed by atoms with Gasteiger partial charge in [0.2, 0.25) is 5.91 Å². The lowest BCUT2D eigenvalue weighted by molar-refractivity contribution is -0.145. The third-order valence-corrected chi connectivity index (χ3v) is 4.74. The number of piperidine rings is 1. The van der Waals surface area contributed by atoms with Crippen molar-refractivity contribution in [3.8, 4) is 0 Å². The van der Waals surface area contributed by atoms with Crippen LogP contribution in [-0.4, -0.2) is 40.7 Å². The number of likely N-dealkylation sites (tertiary alicyclic amines) is 1. The van der Waals surface area contributed by atoms with Crippen LogP contribution in [0, 0.1) is 12.8 Å². The van der Waals surface area contributed by atoms with Crippen LogP contribution >= 0.6 is 11.8 Å². The first-order valence-corrected chi connectivity index (χ1v) is 8.25. The van der Waals surface area contributed by atoms with E-state index >= 15 is 0 Å². The van der Waals surface area contributed by atoms with Crippen molar-refractivity contribution in [1.82, 2.24) is 4.90 Å². The Morgan fingerprint density at radius 2 is 2.05 bits per heavy atom. The molecule has 1 aromatic carbocycles. The molecule has 1 heterocycles. The summed E-state index contributed by atoms with van der Waals surface area (Å²) < 4.78 is 0. The van der Waals surface area contributed by atoms with Gasteiger partial charge in [-0.2, -0.15) is 0 Å². The van der Waals surface area contributed by atoms with E-state index < -0.39 is 11.9 Å². The molecule has 1 aliphatic heterocycles. The molecule has 5 heteroatoms. The van der Waals surface area contributed by atoms with Gasteiger partial charge in [-0.15, -0.1) is 11.8 Å². The molecule has 0 radical (unpaired) electrons. The maximum Gasteiger partial charge on any atom is 0.308 e. The molecule has 0 spiro atoms. The van der Waals surface area contributed by atoms with E-state index in [9.17, 15) is 9.59 Å². The van der Waals surface area contributed by atoms with Gasteiger partial charge in [-0.3, -0.25) is 9.59 Å². The normalized spacial score (nSPS) is 18.5. The molecule has 0 bridgehead atoms. The number of carbonyl (C=O) groups excluding carboxylic acids is 1. The standard InChI is InChI=1S/C16H21NO3S/c1-12-4-6-14(7-5-12)21-10-8-15(18)17-9-2-3-13(11-17)16(19)20/h4-7,13H,2-3,8-11H2,1H3,(H,19,20)/t13-/m0/s1. The molecular weight excluding hydrogens is 286 g/mol. The van der Waals surface area contributed by atoms with E-state index in [1.54, 1.807) is 16.7 Å².